The summed E-state index contributed by atoms with van der Waals surface area (Å²) in [6.07, 6.45) is -8.04. The average Bonchev–Trinajstić information content (AvgIpc) is 3.82. The number of halogens is 5. The molecule has 60 heavy (non-hydrogen) atoms. The molecule has 328 valence electrons. The van der Waals surface area contributed by atoms with Gasteiger partial charge in [-0.05, 0) is 94.3 Å². The Balaban J connectivity index is 1.47. The van der Waals surface area contributed by atoms with E-state index in [1.807, 2.05) is 6.92 Å². The molecule has 5 N–H and O–H groups in total. The summed E-state index contributed by atoms with van der Waals surface area (Å²) >= 11 is 0. The van der Waals surface area contributed by atoms with E-state index in [0.717, 1.165) is 41.3 Å². The number of fused-ring (bicyclic) bond motifs is 2. The van der Waals surface area contributed by atoms with Crippen LogP contribution in [0.1, 0.15) is 52.5 Å². The highest BCUT2D eigenvalue weighted by Crippen LogP contribution is 2.28. The Labute approximate surface area is 342 Å². The molecule has 21 heteroatoms. The second kappa shape index (κ2) is 18.8. The summed E-state index contributed by atoms with van der Waals surface area (Å²) in [4.78, 5) is 87.0. The highest BCUT2D eigenvalue weighted by atomic mass is 19.4. The van der Waals surface area contributed by atoms with E-state index in [1.54, 1.807) is 0 Å². The van der Waals surface area contributed by atoms with Crippen molar-refractivity contribution < 1.29 is 65.3 Å². The third-order valence-corrected chi connectivity index (χ3v) is 10.7. The molecule has 3 aliphatic heterocycles. The molecule has 0 aromatic heterocycles. The minimum absolute atomic E-state index is 0.0375. The lowest BCUT2D eigenvalue weighted by Crippen LogP contribution is -2.62. The molecule has 2 unspecified atom stereocenters. The predicted molar refractivity (Wildman–Crippen MR) is 201 cm³/mol. The molecule has 3 aliphatic rings. The SMILES string of the molecule is C[C@H]1CC2C(=O)O[C@@H](C)[C@H](NC(=O)[C@H](Cc3cc(F)cc(F)c3)NC(O)Nc3ccc(OC(F)(F)F)cc3)C(=O)N3CCC[C@H]3C(=O)N(C)[C@@H](C)C(=O)N[C@@H](C)C(=O)N2C1. The quantitative estimate of drug-likeness (QED) is 0.140. The first-order chi connectivity index (χ1) is 28.1. The summed E-state index contributed by atoms with van der Waals surface area (Å²) in [6, 6.07) is -1.08. The fourth-order valence-electron chi connectivity index (χ4n) is 7.52. The standard InChI is InChI=1S/C39H48F5N7O9/c1-19-13-30-37(57)59-22(4)31(36(56)50-12-6-7-29(50)35(55)49(5)21(3)32(52)45-20(2)34(54)51(30)18-19)48-33(53)28(16-23-14-24(40)17-25(41)15-23)47-38(58)46-26-8-10-27(11-9-26)60-39(42,43)44/h8-11,14-15,17,19-22,28-31,38,46-47,58H,6-7,12-13,16,18H2,1-5H3,(H,45,52)(H,48,53)/t19-,20-,21-,22-,28-,29-,30?,31-,38?/m0/s1. The van der Waals surface area contributed by atoms with Crippen LogP contribution >= 0.6 is 0 Å². The van der Waals surface area contributed by atoms with Gasteiger partial charge in [-0.2, -0.15) is 0 Å². The van der Waals surface area contributed by atoms with Crippen molar-refractivity contribution in [3.63, 3.8) is 0 Å². The number of benzene rings is 2. The van der Waals surface area contributed by atoms with Crippen LogP contribution in [0.15, 0.2) is 42.5 Å². The molecule has 0 aliphatic carbocycles. The van der Waals surface area contributed by atoms with Gasteiger partial charge in [0.2, 0.25) is 29.5 Å². The Hall–Kier alpha value is -5.57. The first kappa shape index (κ1) is 45.5. The topological polar surface area (TPSA) is 199 Å². The van der Waals surface area contributed by atoms with E-state index in [4.69, 9.17) is 4.74 Å². The summed E-state index contributed by atoms with van der Waals surface area (Å²) in [5.74, 6) is -7.34. The van der Waals surface area contributed by atoms with E-state index in [0.29, 0.717) is 12.5 Å². The number of cyclic esters (lactones) is 1. The maximum absolute atomic E-state index is 14.5. The van der Waals surface area contributed by atoms with Crippen molar-refractivity contribution >= 4 is 41.2 Å². The van der Waals surface area contributed by atoms with Gasteiger partial charge in [0.15, 0.2) is 6.35 Å². The van der Waals surface area contributed by atoms with Crippen molar-refractivity contribution in [2.75, 3.05) is 25.5 Å². The molecular weight excluding hydrogens is 805 g/mol. The number of aliphatic hydroxyl groups excluding tert-OH is 1. The van der Waals surface area contributed by atoms with E-state index in [1.165, 1.54) is 37.6 Å². The van der Waals surface area contributed by atoms with Gasteiger partial charge in [0.1, 0.15) is 53.7 Å². The molecule has 5 rings (SSSR count). The number of rotatable bonds is 9. The lowest BCUT2D eigenvalue weighted by atomic mass is 10.0. The number of esters is 1. The second-order valence-corrected chi connectivity index (χ2v) is 15.3. The van der Waals surface area contributed by atoms with Crippen LogP contribution in [-0.4, -0.2) is 131 Å². The third-order valence-electron chi connectivity index (χ3n) is 10.7. The number of alkyl halides is 3. The number of amides is 5. The number of nitrogens with zero attached hydrogens (tertiary/aromatic N) is 3. The molecule has 3 heterocycles. The molecule has 2 aromatic carbocycles. The van der Waals surface area contributed by atoms with Crippen molar-refractivity contribution in [2.24, 2.45) is 5.92 Å². The Morgan fingerprint density at radius 2 is 1.60 bits per heavy atom. The second-order valence-electron chi connectivity index (χ2n) is 15.3. The van der Waals surface area contributed by atoms with Gasteiger partial charge in [0, 0.05) is 31.9 Å². The average molecular weight is 854 g/mol. The van der Waals surface area contributed by atoms with Gasteiger partial charge in [-0.3, -0.25) is 29.3 Å². The molecule has 3 saturated heterocycles. The zero-order chi connectivity index (χ0) is 44.2. The van der Waals surface area contributed by atoms with Crippen molar-refractivity contribution in [1.29, 1.82) is 0 Å². The number of nitrogens with one attached hydrogen (secondary N) is 4. The largest absolute Gasteiger partial charge is 0.573 e. The van der Waals surface area contributed by atoms with Gasteiger partial charge >= 0.3 is 12.3 Å². The summed E-state index contributed by atoms with van der Waals surface area (Å²) in [5, 5.41) is 21.2. The van der Waals surface area contributed by atoms with Crippen molar-refractivity contribution in [2.45, 2.75) is 108 Å². The van der Waals surface area contributed by atoms with Gasteiger partial charge < -0.3 is 45.2 Å². The minimum Gasteiger partial charge on any atom is -0.458 e. The van der Waals surface area contributed by atoms with Crippen LogP contribution in [0.4, 0.5) is 27.6 Å². The highest BCUT2D eigenvalue weighted by Gasteiger charge is 2.46. The molecule has 16 nitrogen and oxygen atoms in total. The van der Waals surface area contributed by atoms with Gasteiger partial charge in [-0.15, -0.1) is 13.2 Å². The smallest absolute Gasteiger partial charge is 0.458 e. The maximum atomic E-state index is 14.5. The molecular formula is C39H48F5N7O9. The predicted octanol–water partition coefficient (Wildman–Crippen LogP) is 1.76. The third kappa shape index (κ3) is 11.2. The van der Waals surface area contributed by atoms with E-state index in [2.05, 4.69) is 26.0 Å². The molecule has 0 bridgehead atoms. The maximum Gasteiger partial charge on any atom is 0.573 e. The van der Waals surface area contributed by atoms with Crippen LogP contribution in [-0.2, 0) is 39.9 Å². The van der Waals surface area contributed by atoms with Gasteiger partial charge in [-0.25, -0.2) is 13.6 Å². The summed E-state index contributed by atoms with van der Waals surface area (Å²) in [5.41, 5.74) is -0.0103. The van der Waals surface area contributed by atoms with Crippen LogP contribution in [0, 0.1) is 17.6 Å². The van der Waals surface area contributed by atoms with E-state index in [-0.39, 0.29) is 43.1 Å². The van der Waals surface area contributed by atoms with Crippen molar-refractivity contribution in [1.82, 2.24) is 30.7 Å². The van der Waals surface area contributed by atoms with Gasteiger partial charge in [-0.1, -0.05) is 6.92 Å². The zero-order valence-electron chi connectivity index (χ0n) is 33.4. The number of hydrogen-bond acceptors (Lipinski definition) is 11. The Kier molecular flexibility index (Phi) is 14.2. The lowest BCUT2D eigenvalue weighted by molar-refractivity contribution is -0.274. The van der Waals surface area contributed by atoms with Crippen molar-refractivity contribution in [3.8, 4) is 5.75 Å². The Morgan fingerprint density at radius 1 is 0.950 bits per heavy atom. The molecule has 5 amide bonds. The van der Waals surface area contributed by atoms with Gasteiger partial charge in [0.25, 0.3) is 0 Å². The van der Waals surface area contributed by atoms with Crippen LogP contribution < -0.4 is 26.0 Å². The van der Waals surface area contributed by atoms with Gasteiger partial charge in [0.05, 0.1) is 6.04 Å². The number of aliphatic hydroxyl groups is 1. The molecule has 9 atom stereocenters. The summed E-state index contributed by atoms with van der Waals surface area (Å²) in [6.45, 7) is 6.22. The summed E-state index contributed by atoms with van der Waals surface area (Å²) < 4.78 is 76.3. The number of carbonyl (C=O) groups excluding carboxylic acids is 6. The lowest BCUT2D eigenvalue weighted by Gasteiger charge is -2.36. The van der Waals surface area contributed by atoms with Crippen LogP contribution in [0.2, 0.25) is 0 Å². The van der Waals surface area contributed by atoms with Crippen LogP contribution in [0.25, 0.3) is 0 Å². The normalized spacial score (nSPS) is 26.8. The molecule has 0 radical (unpaired) electrons. The Morgan fingerprint density at radius 3 is 2.23 bits per heavy atom. The number of hydrogen-bond donors (Lipinski definition) is 5. The van der Waals surface area contributed by atoms with E-state index < -0.39 is 114 Å². The van der Waals surface area contributed by atoms with Crippen LogP contribution in [0.5, 0.6) is 5.75 Å². The van der Waals surface area contributed by atoms with E-state index in [9.17, 15) is 55.8 Å². The monoisotopic (exact) mass is 853 g/mol. The highest BCUT2D eigenvalue weighted by molar-refractivity contribution is 5.97. The molecule has 0 spiro atoms. The minimum atomic E-state index is -4.96. The number of likely N-dealkylation sites (N-methyl/N-ethyl adjacent to an activating group) is 1. The number of ether oxygens (including phenoxy) is 2. The molecule has 2 aromatic rings. The first-order valence-electron chi connectivity index (χ1n) is 19.3. The number of carbonyl (C=O) groups is 6. The number of anilines is 1. The Bertz CT molecular complexity index is 1920. The fourth-order valence-corrected chi connectivity index (χ4v) is 7.52. The molecule has 3 fully saturated rings. The van der Waals surface area contributed by atoms with E-state index >= 15 is 0 Å². The fraction of sp³-hybridized carbons (Fsp3) is 0.538. The first-order valence-corrected chi connectivity index (χ1v) is 19.3. The summed E-state index contributed by atoms with van der Waals surface area (Å²) in [7, 11) is 1.38. The zero-order valence-corrected chi connectivity index (χ0v) is 33.4. The molecule has 0 saturated carbocycles. The van der Waals surface area contributed by atoms with Crippen LogP contribution in [0.3, 0.4) is 0 Å². The van der Waals surface area contributed by atoms with Crippen molar-refractivity contribution in [3.05, 3.63) is 59.7 Å².